The number of nitro groups is 2. The lowest BCUT2D eigenvalue weighted by Crippen LogP contribution is -2.43. The molecule has 4 rings (SSSR count). The second kappa shape index (κ2) is 8.15. The van der Waals surface area contributed by atoms with Crippen LogP contribution >= 0.6 is 12.2 Å². The fourth-order valence-electron chi connectivity index (χ4n) is 4.03. The van der Waals surface area contributed by atoms with Crippen LogP contribution in [0.4, 0.5) is 11.4 Å². The van der Waals surface area contributed by atoms with Crippen LogP contribution in [0.25, 0.3) is 6.08 Å². The molecule has 0 amide bonds. The van der Waals surface area contributed by atoms with Crippen molar-refractivity contribution in [2.75, 3.05) is 0 Å². The van der Waals surface area contributed by atoms with E-state index in [4.69, 9.17) is 18.0 Å². The van der Waals surface area contributed by atoms with Gasteiger partial charge in [-0.2, -0.15) is 0 Å². The number of hydrogen-bond acceptors (Lipinski definition) is 6. The van der Waals surface area contributed by atoms with Crippen LogP contribution in [-0.2, 0) is 0 Å². The fourth-order valence-corrected chi connectivity index (χ4v) is 4.18. The second-order valence-electron chi connectivity index (χ2n) is 7.34. The summed E-state index contributed by atoms with van der Waals surface area (Å²) in [4.78, 5) is 21.0. The Labute approximate surface area is 183 Å². The first-order chi connectivity index (χ1) is 14.8. The molecule has 0 saturated heterocycles. The molecule has 0 saturated carbocycles. The van der Waals surface area contributed by atoms with E-state index in [2.05, 4.69) is 5.43 Å². The Hall–Kier alpha value is -3.79. The molecule has 0 unspecified atom stereocenters. The van der Waals surface area contributed by atoms with E-state index in [0.29, 0.717) is 0 Å². The standard InChI is InChI=1S/C21H19N5O4S/c22-21(31)24-20(14-6-10-17(11-7-14)26(29)30)18-3-1-2-15(19(18)23-24)12-13-4-8-16(9-5-13)25(27)28/h4-12,20,23H,1-3H2,(H2,22,31)/b15-12+/t20-/m1/s1. The van der Waals surface area contributed by atoms with Gasteiger partial charge in [-0.1, -0.05) is 0 Å². The van der Waals surface area contributed by atoms with Crippen molar-refractivity contribution < 1.29 is 9.85 Å². The zero-order valence-electron chi connectivity index (χ0n) is 16.4. The fraction of sp³-hybridized carbons (Fsp3) is 0.190. The maximum atomic E-state index is 11.0. The van der Waals surface area contributed by atoms with E-state index in [1.165, 1.54) is 24.3 Å². The van der Waals surface area contributed by atoms with Gasteiger partial charge in [0.2, 0.25) is 0 Å². The highest BCUT2D eigenvalue weighted by atomic mass is 32.1. The SMILES string of the molecule is NC(=S)N1NC2=C(CCC/C2=C\c2ccc([N+](=O)[O-])cc2)[C@H]1c1ccc([N+](=O)[O-])cc1. The number of thiocarbonyl (C=S) groups is 1. The van der Waals surface area contributed by atoms with Gasteiger partial charge in [0.25, 0.3) is 11.4 Å². The second-order valence-corrected chi connectivity index (χ2v) is 7.76. The van der Waals surface area contributed by atoms with E-state index in [-0.39, 0.29) is 22.5 Å². The molecular weight excluding hydrogens is 418 g/mol. The molecule has 1 heterocycles. The van der Waals surface area contributed by atoms with E-state index in [1.807, 2.05) is 6.08 Å². The number of benzene rings is 2. The minimum Gasteiger partial charge on any atom is -0.375 e. The van der Waals surface area contributed by atoms with Crippen molar-refractivity contribution in [2.45, 2.75) is 25.3 Å². The number of nitrogens with one attached hydrogen (secondary N) is 1. The molecule has 0 aromatic heterocycles. The minimum atomic E-state index is -0.432. The first-order valence-corrected chi connectivity index (χ1v) is 10.0. The van der Waals surface area contributed by atoms with Crippen LogP contribution in [-0.4, -0.2) is 20.0 Å². The van der Waals surface area contributed by atoms with Crippen LogP contribution < -0.4 is 11.2 Å². The van der Waals surface area contributed by atoms with Crippen molar-refractivity contribution in [1.29, 1.82) is 0 Å². The first kappa shape index (κ1) is 20.5. The lowest BCUT2D eigenvalue weighted by atomic mass is 9.86. The van der Waals surface area contributed by atoms with Crippen molar-refractivity contribution in [3.63, 3.8) is 0 Å². The van der Waals surface area contributed by atoms with Crippen LogP contribution in [0, 0.1) is 20.2 Å². The van der Waals surface area contributed by atoms with Gasteiger partial charge in [0.05, 0.1) is 15.5 Å². The van der Waals surface area contributed by atoms with Crippen LogP contribution in [0.1, 0.15) is 36.4 Å². The van der Waals surface area contributed by atoms with Crippen molar-refractivity contribution in [3.8, 4) is 0 Å². The molecule has 0 radical (unpaired) electrons. The van der Waals surface area contributed by atoms with E-state index >= 15 is 0 Å². The monoisotopic (exact) mass is 437 g/mol. The molecule has 2 aromatic carbocycles. The highest BCUT2D eigenvalue weighted by molar-refractivity contribution is 7.80. The number of rotatable bonds is 4. The van der Waals surface area contributed by atoms with E-state index in [9.17, 15) is 20.2 Å². The van der Waals surface area contributed by atoms with Gasteiger partial charge >= 0.3 is 0 Å². The van der Waals surface area contributed by atoms with Crippen LogP contribution in [0.5, 0.6) is 0 Å². The summed E-state index contributed by atoms with van der Waals surface area (Å²) in [5.74, 6) is 0. The van der Waals surface area contributed by atoms with Crippen LogP contribution in [0.15, 0.2) is 65.4 Å². The molecular formula is C21H19N5O4S. The highest BCUT2D eigenvalue weighted by Gasteiger charge is 2.37. The number of allylic oxidation sites excluding steroid dienone is 1. The average molecular weight is 437 g/mol. The van der Waals surface area contributed by atoms with Crippen LogP contribution in [0.2, 0.25) is 0 Å². The van der Waals surface area contributed by atoms with E-state index < -0.39 is 9.85 Å². The Morgan fingerprint density at radius 2 is 1.61 bits per heavy atom. The van der Waals surface area contributed by atoms with Gasteiger partial charge in [0.1, 0.15) is 6.04 Å². The molecule has 2 aromatic rings. The quantitative estimate of drug-likeness (QED) is 0.415. The number of non-ortho nitro benzene ring substituents is 2. The Bertz CT molecular complexity index is 1130. The lowest BCUT2D eigenvalue weighted by molar-refractivity contribution is -0.385. The summed E-state index contributed by atoms with van der Waals surface area (Å²) in [6, 6.07) is 12.5. The third kappa shape index (κ3) is 3.97. The molecule has 1 aliphatic heterocycles. The van der Waals surface area contributed by atoms with Gasteiger partial charge in [-0.25, -0.2) is 0 Å². The molecule has 1 aliphatic carbocycles. The van der Waals surface area contributed by atoms with Crippen molar-refractivity contribution >= 4 is 34.8 Å². The molecule has 31 heavy (non-hydrogen) atoms. The molecule has 0 fully saturated rings. The maximum absolute atomic E-state index is 11.0. The molecule has 9 nitrogen and oxygen atoms in total. The summed E-state index contributed by atoms with van der Waals surface area (Å²) >= 11 is 5.25. The average Bonchev–Trinajstić information content (AvgIpc) is 3.15. The van der Waals surface area contributed by atoms with Gasteiger partial charge in [-0.15, -0.1) is 0 Å². The Kier molecular flexibility index (Phi) is 5.38. The summed E-state index contributed by atoms with van der Waals surface area (Å²) in [5.41, 5.74) is 14.2. The number of nitrogens with two attached hydrogens (primary N) is 1. The molecule has 0 spiro atoms. The molecule has 0 bridgehead atoms. The predicted octanol–water partition coefficient (Wildman–Crippen LogP) is 4.13. The van der Waals surface area contributed by atoms with Gasteiger partial charge < -0.3 is 5.73 Å². The summed E-state index contributed by atoms with van der Waals surface area (Å²) in [7, 11) is 0. The Morgan fingerprint density at radius 1 is 1.03 bits per heavy atom. The summed E-state index contributed by atoms with van der Waals surface area (Å²) in [5, 5.41) is 23.8. The smallest absolute Gasteiger partial charge is 0.269 e. The molecule has 158 valence electrons. The molecule has 1 atom stereocenters. The maximum Gasteiger partial charge on any atom is 0.269 e. The lowest BCUT2D eigenvalue weighted by Gasteiger charge is -2.27. The third-order valence-corrected chi connectivity index (χ3v) is 5.65. The predicted molar refractivity (Wildman–Crippen MR) is 120 cm³/mol. The number of hydrogen-bond donors (Lipinski definition) is 2. The van der Waals surface area contributed by atoms with Gasteiger partial charge in [0, 0.05) is 24.3 Å². The van der Waals surface area contributed by atoms with Gasteiger partial charge in [0.15, 0.2) is 5.11 Å². The van der Waals surface area contributed by atoms with E-state index in [0.717, 1.165) is 47.2 Å². The van der Waals surface area contributed by atoms with Gasteiger partial charge in [-0.05, 0) is 84.1 Å². The van der Waals surface area contributed by atoms with Crippen molar-refractivity contribution in [2.24, 2.45) is 5.73 Å². The normalized spacial score (nSPS) is 19.2. The zero-order chi connectivity index (χ0) is 22.1. The highest BCUT2D eigenvalue weighted by Crippen LogP contribution is 2.44. The number of nitro benzene ring substituents is 2. The van der Waals surface area contributed by atoms with Crippen molar-refractivity contribution in [1.82, 2.24) is 10.4 Å². The summed E-state index contributed by atoms with van der Waals surface area (Å²) < 4.78 is 0. The minimum absolute atomic E-state index is 0.0215. The van der Waals surface area contributed by atoms with E-state index in [1.54, 1.807) is 29.3 Å². The van der Waals surface area contributed by atoms with Gasteiger partial charge in [-0.3, -0.25) is 30.7 Å². The number of nitrogens with zero attached hydrogens (tertiary/aromatic N) is 3. The molecule has 10 heteroatoms. The first-order valence-electron chi connectivity index (χ1n) is 9.63. The largest absolute Gasteiger partial charge is 0.375 e. The molecule has 3 N–H and O–H groups in total. The number of hydrazine groups is 1. The third-order valence-electron chi connectivity index (χ3n) is 5.46. The molecule has 2 aliphatic rings. The Balaban J connectivity index is 1.71. The summed E-state index contributed by atoms with van der Waals surface area (Å²) in [6.07, 6.45) is 4.59. The van der Waals surface area contributed by atoms with Crippen molar-refractivity contribution in [3.05, 3.63) is 96.7 Å². The van der Waals surface area contributed by atoms with Crippen LogP contribution in [0.3, 0.4) is 0 Å². The topological polar surface area (TPSA) is 128 Å². The zero-order valence-corrected chi connectivity index (χ0v) is 17.2. The summed E-state index contributed by atoms with van der Waals surface area (Å²) in [6.45, 7) is 0. The Morgan fingerprint density at radius 3 is 2.16 bits per heavy atom.